The smallest absolute Gasteiger partial charge is 0.286 e. The zero-order valence-corrected chi connectivity index (χ0v) is 30.0. The first-order valence-corrected chi connectivity index (χ1v) is 19.8. The van der Waals surface area contributed by atoms with Gasteiger partial charge in [0.2, 0.25) is 5.91 Å². The monoisotopic (exact) mass is 699 g/mol. The zero-order chi connectivity index (χ0) is 34.7. The van der Waals surface area contributed by atoms with Crippen molar-refractivity contribution in [2.75, 3.05) is 37.5 Å². The SMILES string of the molecule is CO[C@H]1/C=C/CCC[S@@](=O)(NC(=O)CCCn2cccn2)=NC(=O)c2ccc3c(c2)N(C[C@@H]2CC[C@H]21)C[C@@]1(CCCc2cc(C)ccc21)CO3. The van der Waals surface area contributed by atoms with E-state index in [4.69, 9.17) is 9.47 Å². The summed E-state index contributed by atoms with van der Waals surface area (Å²) in [6.45, 7) is 4.86. The third kappa shape index (κ3) is 7.39. The predicted octanol–water partition coefficient (Wildman–Crippen LogP) is 6.18. The number of ether oxygens (including phenoxy) is 2. The minimum atomic E-state index is -3.38. The third-order valence-corrected chi connectivity index (χ3v) is 12.9. The van der Waals surface area contributed by atoms with E-state index in [9.17, 15) is 13.8 Å². The first-order chi connectivity index (χ1) is 24.2. The summed E-state index contributed by atoms with van der Waals surface area (Å²) in [7, 11) is -1.61. The number of amides is 2. The number of nitrogens with zero attached hydrogens (tertiary/aromatic N) is 4. The number of aromatic nitrogens is 2. The van der Waals surface area contributed by atoms with Crippen LogP contribution in [0.5, 0.6) is 5.75 Å². The first-order valence-electron chi connectivity index (χ1n) is 18.1. The average molecular weight is 700 g/mol. The summed E-state index contributed by atoms with van der Waals surface area (Å²) in [5.41, 5.74) is 5.04. The number of fused-ring (bicyclic) bond motifs is 4. The summed E-state index contributed by atoms with van der Waals surface area (Å²) < 4.78 is 35.6. The van der Waals surface area contributed by atoms with E-state index in [0.717, 1.165) is 56.6 Å². The molecule has 3 aromatic rings. The Labute approximate surface area is 295 Å². The minimum absolute atomic E-state index is 0.0202. The molecule has 0 unspecified atom stereocenters. The summed E-state index contributed by atoms with van der Waals surface area (Å²) in [5.74, 6) is 0.611. The molecular weight excluding hydrogens is 651 g/mol. The maximum Gasteiger partial charge on any atom is 0.286 e. The van der Waals surface area contributed by atoms with Crippen LogP contribution in [0.1, 0.15) is 78.4 Å². The fourth-order valence-electron chi connectivity index (χ4n) is 8.34. The Morgan fingerprint density at radius 1 is 1.18 bits per heavy atom. The molecule has 11 heteroatoms. The van der Waals surface area contributed by atoms with Crippen molar-refractivity contribution in [3.63, 3.8) is 0 Å². The molecule has 2 aliphatic carbocycles. The van der Waals surface area contributed by atoms with Crippen molar-refractivity contribution in [1.29, 1.82) is 0 Å². The van der Waals surface area contributed by atoms with Gasteiger partial charge >= 0.3 is 0 Å². The van der Waals surface area contributed by atoms with Gasteiger partial charge in [-0.2, -0.15) is 5.10 Å². The number of rotatable bonds is 6. The van der Waals surface area contributed by atoms with Crippen LogP contribution < -0.4 is 14.4 Å². The first kappa shape index (κ1) is 34.5. The number of nitrogens with one attached hydrogen (secondary N) is 1. The van der Waals surface area contributed by atoms with Gasteiger partial charge < -0.3 is 14.4 Å². The van der Waals surface area contributed by atoms with Gasteiger partial charge in [0.05, 0.1) is 24.2 Å². The van der Waals surface area contributed by atoms with Crippen molar-refractivity contribution >= 4 is 27.4 Å². The van der Waals surface area contributed by atoms with E-state index < -0.39 is 21.7 Å². The van der Waals surface area contributed by atoms with Crippen LogP contribution in [-0.2, 0) is 37.8 Å². The van der Waals surface area contributed by atoms with E-state index in [0.29, 0.717) is 49.8 Å². The molecule has 1 aromatic heterocycles. The molecule has 0 saturated heterocycles. The molecule has 7 rings (SSSR count). The fraction of sp³-hybridized carbons (Fsp3) is 0.513. The number of anilines is 1. The van der Waals surface area contributed by atoms with Gasteiger partial charge in [-0.25, -0.2) is 4.21 Å². The molecule has 5 atom stereocenters. The van der Waals surface area contributed by atoms with Gasteiger partial charge in [0, 0.05) is 56.5 Å². The summed E-state index contributed by atoms with van der Waals surface area (Å²) in [6, 6.07) is 14.1. The Hall–Kier alpha value is -3.96. The van der Waals surface area contributed by atoms with Crippen LogP contribution in [0.25, 0.3) is 0 Å². The normalized spacial score (nSPS) is 28.6. The van der Waals surface area contributed by atoms with E-state index in [1.807, 2.05) is 24.4 Å². The van der Waals surface area contributed by atoms with E-state index >= 15 is 0 Å². The molecule has 2 amide bonds. The number of hydrogen-bond donors (Lipinski definition) is 1. The highest BCUT2D eigenvalue weighted by Gasteiger charge is 2.44. The maximum atomic E-state index is 14.2. The summed E-state index contributed by atoms with van der Waals surface area (Å²) in [6.07, 6.45) is 14.9. The molecule has 1 fully saturated rings. The number of methoxy groups -OCH3 is 1. The van der Waals surface area contributed by atoms with Crippen molar-refractivity contribution in [2.45, 2.75) is 82.8 Å². The molecule has 1 spiro atoms. The molecule has 1 saturated carbocycles. The standard InChI is InChI=1S/C39H49N5O5S/c1-28-12-16-33-29(23-28)9-6-18-39(33)26-43-25-31-13-15-32(31)35(48-2)10-4-3-5-22-50(47,41-37(45)11-7-20-44-21-8-19-40-44)42-38(46)30-14-17-36(49-27-39)34(43)24-30/h4,8,10,12,14,16-17,19,21,23-24,31-32,35H,3,5-7,9,11,13,15,18,20,22,25-27H2,1-2H3,(H,41,42,45,46,47)/b10-4+/t31-,32+,35-,39-,50+/m0/s1. The van der Waals surface area contributed by atoms with E-state index in [1.54, 1.807) is 24.1 Å². The lowest BCUT2D eigenvalue weighted by Crippen LogP contribution is -2.49. The summed E-state index contributed by atoms with van der Waals surface area (Å²) in [5, 5.41) is 4.18. The molecule has 266 valence electrons. The highest BCUT2D eigenvalue weighted by molar-refractivity contribution is 7.92. The quantitative estimate of drug-likeness (QED) is 0.306. The van der Waals surface area contributed by atoms with Crippen LogP contribution >= 0.6 is 0 Å². The van der Waals surface area contributed by atoms with Crippen LogP contribution in [0, 0.1) is 18.8 Å². The van der Waals surface area contributed by atoms with E-state index in [2.05, 4.69) is 56.4 Å². The van der Waals surface area contributed by atoms with Crippen molar-refractivity contribution in [3.8, 4) is 5.75 Å². The lowest BCUT2D eigenvalue weighted by Gasteiger charge is -2.46. The number of allylic oxidation sites excluding steroid dienone is 1. The Morgan fingerprint density at radius 3 is 2.88 bits per heavy atom. The topological polar surface area (TPSA) is 115 Å². The number of carbonyl (C=O) groups is 2. The largest absolute Gasteiger partial charge is 0.490 e. The van der Waals surface area contributed by atoms with Gasteiger partial charge in [-0.05, 0) is 106 Å². The second-order valence-electron chi connectivity index (χ2n) is 14.6. The molecule has 1 N–H and O–H groups in total. The van der Waals surface area contributed by atoms with Crippen LogP contribution in [0.3, 0.4) is 0 Å². The van der Waals surface area contributed by atoms with Crippen molar-refractivity contribution < 1.29 is 23.3 Å². The lowest BCUT2D eigenvalue weighted by molar-refractivity contribution is -0.119. The van der Waals surface area contributed by atoms with Gasteiger partial charge in [0.1, 0.15) is 15.7 Å². The molecule has 0 radical (unpaired) electrons. The summed E-state index contributed by atoms with van der Waals surface area (Å²) in [4.78, 5) is 29.3. The second kappa shape index (κ2) is 14.7. The maximum absolute atomic E-state index is 14.2. The molecule has 4 aliphatic rings. The Kier molecular flexibility index (Phi) is 10.2. The van der Waals surface area contributed by atoms with Gasteiger partial charge in [0.25, 0.3) is 5.91 Å². The number of hydrogen-bond acceptors (Lipinski definition) is 7. The highest BCUT2D eigenvalue weighted by Crippen LogP contribution is 2.46. The number of carbonyl (C=O) groups excluding carboxylic acids is 2. The van der Waals surface area contributed by atoms with Crippen LogP contribution in [-0.4, -0.2) is 64.5 Å². The lowest BCUT2D eigenvalue weighted by atomic mass is 9.68. The van der Waals surface area contributed by atoms with Gasteiger partial charge in [-0.3, -0.25) is 19.0 Å². The molecule has 3 heterocycles. The molecule has 50 heavy (non-hydrogen) atoms. The van der Waals surface area contributed by atoms with Crippen molar-refractivity contribution in [3.05, 3.63) is 89.3 Å². The zero-order valence-electron chi connectivity index (χ0n) is 29.2. The highest BCUT2D eigenvalue weighted by atomic mass is 32.2. The third-order valence-electron chi connectivity index (χ3n) is 11.1. The van der Waals surface area contributed by atoms with Crippen LogP contribution in [0.2, 0.25) is 0 Å². The number of aryl methyl sites for hydroxylation is 3. The minimum Gasteiger partial charge on any atom is -0.490 e. The van der Waals surface area contributed by atoms with E-state index in [1.165, 1.54) is 16.7 Å². The average Bonchev–Trinajstić information content (AvgIpc) is 3.55. The van der Waals surface area contributed by atoms with Gasteiger partial charge in [0.15, 0.2) is 0 Å². The molecule has 2 bridgehead atoms. The fourth-order valence-corrected chi connectivity index (χ4v) is 9.97. The molecule has 2 aromatic carbocycles. The molecular formula is C39H49N5O5S. The number of benzene rings is 2. The van der Waals surface area contributed by atoms with Crippen LogP contribution in [0.4, 0.5) is 5.69 Å². The predicted molar refractivity (Wildman–Crippen MR) is 195 cm³/mol. The summed E-state index contributed by atoms with van der Waals surface area (Å²) >= 11 is 0. The Morgan fingerprint density at radius 2 is 2.08 bits per heavy atom. The van der Waals surface area contributed by atoms with E-state index in [-0.39, 0.29) is 23.7 Å². The van der Waals surface area contributed by atoms with Gasteiger partial charge in [-0.1, -0.05) is 35.9 Å². The van der Waals surface area contributed by atoms with Gasteiger partial charge in [-0.15, -0.1) is 4.36 Å². The Balaban J connectivity index is 1.22. The molecule has 10 nitrogen and oxygen atoms in total. The molecule has 2 aliphatic heterocycles. The second-order valence-corrected chi connectivity index (χ2v) is 16.6. The van der Waals surface area contributed by atoms with Crippen LogP contribution in [0.15, 0.2) is 71.4 Å². The van der Waals surface area contributed by atoms with Crippen molar-refractivity contribution in [2.24, 2.45) is 16.2 Å². The Bertz CT molecular complexity index is 1870. The van der Waals surface area contributed by atoms with Crippen molar-refractivity contribution in [1.82, 2.24) is 14.5 Å².